The molecule has 0 saturated carbocycles. The van der Waals surface area contributed by atoms with E-state index >= 15 is 0 Å². The molecule has 2 aromatic rings. The molecule has 0 radical (unpaired) electrons. The SMILES string of the molecule is Cc1nnc(SCc2c(Cl)cccc2[N+](=O)[O-])n1CCN. The van der Waals surface area contributed by atoms with Gasteiger partial charge in [0.1, 0.15) is 5.82 Å². The van der Waals surface area contributed by atoms with E-state index in [4.69, 9.17) is 17.3 Å². The summed E-state index contributed by atoms with van der Waals surface area (Å²) in [6.07, 6.45) is 0. The molecule has 1 aromatic heterocycles. The summed E-state index contributed by atoms with van der Waals surface area (Å²) in [6.45, 7) is 2.91. The van der Waals surface area contributed by atoms with Crippen molar-refractivity contribution in [1.29, 1.82) is 0 Å². The number of nitro benzene ring substituents is 1. The molecule has 0 aliphatic rings. The molecule has 112 valence electrons. The second-order valence-electron chi connectivity index (χ2n) is 4.25. The molecule has 21 heavy (non-hydrogen) atoms. The predicted octanol–water partition coefficient (Wildman–Crippen LogP) is 2.40. The van der Waals surface area contributed by atoms with Gasteiger partial charge in [0, 0.05) is 24.9 Å². The highest BCUT2D eigenvalue weighted by Gasteiger charge is 2.18. The Balaban J connectivity index is 2.23. The molecule has 2 rings (SSSR count). The fourth-order valence-electron chi connectivity index (χ4n) is 1.85. The van der Waals surface area contributed by atoms with Crippen molar-refractivity contribution in [2.45, 2.75) is 24.4 Å². The van der Waals surface area contributed by atoms with Crippen molar-refractivity contribution in [3.63, 3.8) is 0 Å². The highest BCUT2D eigenvalue weighted by molar-refractivity contribution is 7.98. The Morgan fingerprint density at radius 1 is 1.48 bits per heavy atom. The van der Waals surface area contributed by atoms with Crippen molar-refractivity contribution >= 4 is 29.1 Å². The number of halogens is 1. The lowest BCUT2D eigenvalue weighted by Crippen LogP contribution is -2.12. The minimum absolute atomic E-state index is 0.0108. The molecule has 0 amide bonds. The number of aromatic nitrogens is 3. The molecule has 7 nitrogen and oxygen atoms in total. The molecular weight excluding hydrogens is 314 g/mol. The molecule has 0 saturated heterocycles. The first-order chi connectivity index (χ1) is 10.0. The third kappa shape index (κ3) is 3.52. The molecule has 0 fully saturated rings. The summed E-state index contributed by atoms with van der Waals surface area (Å²) < 4.78 is 1.88. The zero-order valence-electron chi connectivity index (χ0n) is 11.3. The fourth-order valence-corrected chi connectivity index (χ4v) is 3.22. The van der Waals surface area contributed by atoms with Crippen molar-refractivity contribution < 1.29 is 4.92 Å². The van der Waals surface area contributed by atoms with Crippen LogP contribution >= 0.6 is 23.4 Å². The van der Waals surface area contributed by atoms with E-state index in [2.05, 4.69) is 10.2 Å². The lowest BCUT2D eigenvalue weighted by molar-refractivity contribution is -0.385. The molecular formula is C12H14ClN5O2S. The van der Waals surface area contributed by atoms with Crippen molar-refractivity contribution in [3.8, 4) is 0 Å². The van der Waals surface area contributed by atoms with Crippen molar-refractivity contribution in [2.24, 2.45) is 5.73 Å². The van der Waals surface area contributed by atoms with Gasteiger partial charge in [-0.25, -0.2) is 0 Å². The average molecular weight is 328 g/mol. The van der Waals surface area contributed by atoms with Crippen LogP contribution < -0.4 is 5.73 Å². The quantitative estimate of drug-likeness (QED) is 0.497. The summed E-state index contributed by atoms with van der Waals surface area (Å²) in [5.74, 6) is 1.11. The van der Waals surface area contributed by atoms with Crippen LogP contribution in [0.15, 0.2) is 23.4 Å². The maximum absolute atomic E-state index is 11.0. The normalized spacial score (nSPS) is 10.8. The Morgan fingerprint density at radius 3 is 2.90 bits per heavy atom. The van der Waals surface area contributed by atoms with Crippen molar-refractivity contribution in [1.82, 2.24) is 14.8 Å². The van der Waals surface area contributed by atoms with Gasteiger partial charge in [0.05, 0.1) is 15.5 Å². The second kappa shape index (κ2) is 6.88. The van der Waals surface area contributed by atoms with Crippen LogP contribution in [0.3, 0.4) is 0 Å². The monoisotopic (exact) mass is 327 g/mol. The summed E-state index contributed by atoms with van der Waals surface area (Å²) in [4.78, 5) is 10.6. The maximum atomic E-state index is 11.0. The van der Waals surface area contributed by atoms with Crippen LogP contribution in [0.25, 0.3) is 0 Å². The number of nitrogens with two attached hydrogens (primary N) is 1. The minimum atomic E-state index is -0.433. The molecule has 1 aromatic carbocycles. The van der Waals surface area contributed by atoms with Gasteiger partial charge in [-0.2, -0.15) is 0 Å². The van der Waals surface area contributed by atoms with Gasteiger partial charge in [-0.1, -0.05) is 29.4 Å². The third-order valence-electron chi connectivity index (χ3n) is 2.89. The van der Waals surface area contributed by atoms with Crippen molar-refractivity contribution in [2.75, 3.05) is 6.54 Å². The first-order valence-corrected chi connectivity index (χ1v) is 7.55. The predicted molar refractivity (Wildman–Crippen MR) is 81.5 cm³/mol. The number of nitrogens with zero attached hydrogens (tertiary/aromatic N) is 4. The van der Waals surface area contributed by atoms with Crippen LogP contribution in [0.4, 0.5) is 5.69 Å². The number of benzene rings is 1. The van der Waals surface area contributed by atoms with Crippen LogP contribution in [0, 0.1) is 17.0 Å². The first-order valence-electron chi connectivity index (χ1n) is 6.19. The van der Waals surface area contributed by atoms with E-state index in [9.17, 15) is 10.1 Å². The molecule has 0 aliphatic heterocycles. The summed E-state index contributed by atoms with van der Waals surface area (Å²) >= 11 is 7.42. The Kier molecular flexibility index (Phi) is 5.16. The Hall–Kier alpha value is -1.64. The molecule has 0 atom stereocenters. The van der Waals surface area contributed by atoms with Gasteiger partial charge < -0.3 is 10.3 Å². The van der Waals surface area contributed by atoms with E-state index in [1.807, 2.05) is 11.5 Å². The Labute approximate surface area is 130 Å². The summed E-state index contributed by atoms with van der Waals surface area (Å²) in [7, 11) is 0. The molecule has 0 aliphatic carbocycles. The van der Waals surface area contributed by atoms with Crippen molar-refractivity contribution in [3.05, 3.63) is 44.7 Å². The van der Waals surface area contributed by atoms with E-state index in [0.29, 0.717) is 34.6 Å². The first kappa shape index (κ1) is 15.7. The number of thioether (sulfide) groups is 1. The van der Waals surface area contributed by atoms with Gasteiger partial charge in [-0.3, -0.25) is 10.1 Å². The van der Waals surface area contributed by atoms with Gasteiger partial charge in [0.15, 0.2) is 5.16 Å². The van der Waals surface area contributed by atoms with Crippen LogP contribution in [0.5, 0.6) is 0 Å². The highest BCUT2D eigenvalue weighted by Crippen LogP contribution is 2.32. The molecule has 2 N–H and O–H groups in total. The second-order valence-corrected chi connectivity index (χ2v) is 5.60. The summed E-state index contributed by atoms with van der Waals surface area (Å²) in [6, 6.07) is 4.65. The van der Waals surface area contributed by atoms with Gasteiger partial charge >= 0.3 is 0 Å². The van der Waals surface area contributed by atoms with E-state index in [1.54, 1.807) is 12.1 Å². The Bertz CT molecular complexity index is 661. The molecule has 0 bridgehead atoms. The standard InChI is InChI=1S/C12H14ClN5O2S/c1-8-15-16-12(17(8)6-5-14)21-7-9-10(13)3-2-4-11(9)18(19)20/h2-4H,5-7,14H2,1H3. The summed E-state index contributed by atoms with van der Waals surface area (Å²) in [5, 5.41) is 20.2. The zero-order valence-corrected chi connectivity index (χ0v) is 12.9. The van der Waals surface area contributed by atoms with Crippen LogP contribution in [0.1, 0.15) is 11.4 Å². The van der Waals surface area contributed by atoms with Crippen LogP contribution in [0.2, 0.25) is 5.02 Å². The molecule has 9 heteroatoms. The van der Waals surface area contributed by atoms with Gasteiger partial charge in [0.25, 0.3) is 5.69 Å². The zero-order chi connectivity index (χ0) is 15.4. The highest BCUT2D eigenvalue weighted by atomic mass is 35.5. The van der Waals surface area contributed by atoms with Gasteiger partial charge in [-0.05, 0) is 13.0 Å². The van der Waals surface area contributed by atoms with Crippen LogP contribution in [-0.2, 0) is 12.3 Å². The smallest absolute Gasteiger partial charge is 0.274 e. The van der Waals surface area contributed by atoms with E-state index in [1.165, 1.54) is 17.8 Å². The maximum Gasteiger partial charge on any atom is 0.274 e. The topological polar surface area (TPSA) is 99.9 Å². The average Bonchev–Trinajstić information content (AvgIpc) is 2.79. The number of nitro groups is 1. The fraction of sp³-hybridized carbons (Fsp3) is 0.333. The van der Waals surface area contributed by atoms with E-state index in [-0.39, 0.29) is 5.69 Å². The molecule has 1 heterocycles. The summed E-state index contributed by atoms with van der Waals surface area (Å²) in [5.41, 5.74) is 6.05. The van der Waals surface area contributed by atoms with E-state index < -0.39 is 4.92 Å². The largest absolute Gasteiger partial charge is 0.329 e. The minimum Gasteiger partial charge on any atom is -0.329 e. The van der Waals surface area contributed by atoms with Gasteiger partial charge in [0.2, 0.25) is 0 Å². The number of hydrogen-bond donors (Lipinski definition) is 1. The number of hydrogen-bond acceptors (Lipinski definition) is 6. The Morgan fingerprint density at radius 2 is 2.24 bits per heavy atom. The lowest BCUT2D eigenvalue weighted by atomic mass is 10.2. The lowest BCUT2D eigenvalue weighted by Gasteiger charge is -2.07. The number of aryl methyl sites for hydroxylation is 1. The molecule has 0 spiro atoms. The van der Waals surface area contributed by atoms with Gasteiger partial charge in [-0.15, -0.1) is 10.2 Å². The third-order valence-corrected chi connectivity index (χ3v) is 4.24. The van der Waals surface area contributed by atoms with Crippen LogP contribution in [-0.4, -0.2) is 26.2 Å². The van der Waals surface area contributed by atoms with E-state index in [0.717, 1.165) is 5.82 Å². The molecule has 0 unspecified atom stereocenters. The number of rotatable bonds is 6.